The number of aliphatic imine (C=N–C) groups is 2. The van der Waals surface area contributed by atoms with Crippen LogP contribution in [0.3, 0.4) is 0 Å². The van der Waals surface area contributed by atoms with Crippen molar-refractivity contribution < 1.29 is 14.2 Å². The van der Waals surface area contributed by atoms with Crippen molar-refractivity contribution >= 4 is 46.9 Å². The molecule has 2 aromatic carbocycles. The molecule has 1 saturated heterocycles. The molecule has 5 rings (SSSR count). The number of amidine groups is 1. The van der Waals surface area contributed by atoms with Crippen molar-refractivity contribution in [3.8, 4) is 17.2 Å². The third-order valence-electron chi connectivity index (χ3n) is 6.39. The summed E-state index contributed by atoms with van der Waals surface area (Å²) in [4.78, 5) is 11.1. The summed E-state index contributed by atoms with van der Waals surface area (Å²) >= 11 is 7.89. The van der Waals surface area contributed by atoms with E-state index < -0.39 is 4.99 Å². The number of anilines is 1. The summed E-state index contributed by atoms with van der Waals surface area (Å²) in [6.45, 7) is 3.74. The van der Waals surface area contributed by atoms with E-state index in [2.05, 4.69) is 20.2 Å². The fourth-order valence-corrected chi connectivity index (χ4v) is 5.84. The first kappa shape index (κ1) is 24.8. The first-order valence-corrected chi connectivity index (χ1v) is 12.9. The molecule has 1 fully saturated rings. The van der Waals surface area contributed by atoms with Gasteiger partial charge in [0.05, 0.1) is 41.9 Å². The molecule has 1 atom stereocenters. The molecule has 1 unspecified atom stereocenters. The fourth-order valence-electron chi connectivity index (χ4n) is 4.50. The summed E-state index contributed by atoms with van der Waals surface area (Å²) in [6.07, 6.45) is 4.11. The van der Waals surface area contributed by atoms with E-state index in [4.69, 9.17) is 37.3 Å². The molecule has 2 aromatic rings. The van der Waals surface area contributed by atoms with Crippen LogP contribution in [0.2, 0.25) is 5.02 Å². The number of hydrogen-bond acceptors (Lipinski definition) is 10. The fraction of sp³-hybridized carbons (Fsp3) is 0.360. The van der Waals surface area contributed by atoms with Gasteiger partial charge in [0.1, 0.15) is 18.2 Å². The van der Waals surface area contributed by atoms with Crippen molar-refractivity contribution in [3.05, 3.63) is 51.4 Å². The maximum Gasteiger partial charge on any atom is 0.188 e. The molecule has 0 amide bonds. The summed E-state index contributed by atoms with van der Waals surface area (Å²) < 4.78 is 16.8. The number of benzene rings is 2. The van der Waals surface area contributed by atoms with Gasteiger partial charge in [0.15, 0.2) is 16.5 Å². The summed E-state index contributed by atoms with van der Waals surface area (Å²) in [7, 11) is 3.18. The van der Waals surface area contributed by atoms with Gasteiger partial charge >= 0.3 is 0 Å². The lowest BCUT2D eigenvalue weighted by Crippen LogP contribution is -2.28. The number of nitrogens with two attached hydrogens (primary N) is 2. The number of thioether (sulfide) groups is 1. The molecule has 11 heteroatoms. The zero-order valence-electron chi connectivity index (χ0n) is 20.2. The highest BCUT2D eigenvalue weighted by molar-refractivity contribution is 8.05. The second-order valence-corrected chi connectivity index (χ2v) is 10.3. The van der Waals surface area contributed by atoms with Crippen LogP contribution in [0.1, 0.15) is 24.0 Å². The van der Waals surface area contributed by atoms with Gasteiger partial charge in [0.25, 0.3) is 0 Å². The molecule has 0 spiro atoms. The Morgan fingerprint density at radius 3 is 2.58 bits per heavy atom. The predicted octanol–water partition coefficient (Wildman–Crippen LogP) is 3.83. The predicted molar refractivity (Wildman–Crippen MR) is 146 cm³/mol. The van der Waals surface area contributed by atoms with E-state index in [1.165, 1.54) is 24.6 Å². The largest absolute Gasteiger partial charge is 0.493 e. The van der Waals surface area contributed by atoms with Gasteiger partial charge in [-0.05, 0) is 44.1 Å². The van der Waals surface area contributed by atoms with E-state index in [1.54, 1.807) is 26.6 Å². The van der Waals surface area contributed by atoms with Crippen LogP contribution in [-0.4, -0.2) is 57.5 Å². The van der Waals surface area contributed by atoms with E-state index in [9.17, 15) is 0 Å². The minimum absolute atomic E-state index is 0.305. The molecule has 3 aliphatic rings. The Morgan fingerprint density at radius 2 is 1.86 bits per heavy atom. The monoisotopic (exact) mass is 528 g/mol. The maximum atomic E-state index is 6.73. The first-order valence-electron chi connectivity index (χ1n) is 11.7. The number of halogens is 1. The molecule has 36 heavy (non-hydrogen) atoms. The number of hydrogen-bond donors (Lipinski definition) is 3. The third-order valence-corrected chi connectivity index (χ3v) is 7.93. The molecule has 0 aromatic heterocycles. The van der Waals surface area contributed by atoms with Crippen molar-refractivity contribution in [2.45, 2.75) is 17.8 Å². The number of likely N-dealkylation sites (tertiary alicyclic amines) is 1. The Hall–Kier alpha value is -2.92. The van der Waals surface area contributed by atoms with Gasteiger partial charge in [0.2, 0.25) is 0 Å². The van der Waals surface area contributed by atoms with Crippen molar-refractivity contribution in [2.24, 2.45) is 21.5 Å². The van der Waals surface area contributed by atoms with Crippen LogP contribution in [0.15, 0.2) is 45.2 Å². The molecule has 0 bridgehead atoms. The maximum absolute atomic E-state index is 6.73. The van der Waals surface area contributed by atoms with Gasteiger partial charge in [-0.15, -0.1) is 0 Å². The first-order chi connectivity index (χ1) is 17.4. The highest BCUT2D eigenvalue weighted by atomic mass is 35.5. The van der Waals surface area contributed by atoms with Crippen LogP contribution >= 0.6 is 23.4 Å². The van der Waals surface area contributed by atoms with Gasteiger partial charge in [0, 0.05) is 23.7 Å². The summed E-state index contributed by atoms with van der Waals surface area (Å²) in [5, 5.41) is 3.62. The molecule has 0 radical (unpaired) electrons. The van der Waals surface area contributed by atoms with E-state index in [1.807, 2.05) is 24.3 Å². The lowest BCUT2D eigenvalue weighted by molar-refractivity contribution is 0.238. The molecule has 5 N–H and O–H groups in total. The summed E-state index contributed by atoms with van der Waals surface area (Å²) in [5.41, 5.74) is 16.1. The minimum Gasteiger partial charge on any atom is -0.493 e. The molecule has 3 aliphatic heterocycles. The number of methoxy groups -OCH3 is 2. The van der Waals surface area contributed by atoms with Crippen molar-refractivity contribution in [1.82, 2.24) is 4.90 Å². The smallest absolute Gasteiger partial charge is 0.188 e. The number of rotatable bonds is 7. The van der Waals surface area contributed by atoms with Crippen LogP contribution in [0.5, 0.6) is 17.2 Å². The van der Waals surface area contributed by atoms with Crippen LogP contribution in [0, 0.1) is 0 Å². The van der Waals surface area contributed by atoms with E-state index in [0.717, 1.165) is 30.9 Å². The van der Waals surface area contributed by atoms with Gasteiger partial charge in [-0.1, -0.05) is 29.4 Å². The van der Waals surface area contributed by atoms with Crippen LogP contribution in [-0.2, 0) is 4.99 Å². The van der Waals surface area contributed by atoms with Gasteiger partial charge in [-0.25, -0.2) is 9.98 Å². The summed E-state index contributed by atoms with van der Waals surface area (Å²) in [6, 6.07) is 9.21. The molecule has 9 nitrogen and oxygen atoms in total. The lowest BCUT2D eigenvalue weighted by atomic mass is 10.1. The zero-order chi connectivity index (χ0) is 25.3. The van der Waals surface area contributed by atoms with Crippen LogP contribution < -0.4 is 31.0 Å². The van der Waals surface area contributed by atoms with Gasteiger partial charge in [-0.2, -0.15) is 0 Å². The number of fused-ring (bicyclic) bond motifs is 1. The quantitative estimate of drug-likeness (QED) is 0.496. The standard InChI is InChI=1S/C25H29ClN6O3S/c1-33-20-12-16-18(13-21(20)34-2)29-14-30-22(16)23-24(27)31-25(28,36-23)15-5-6-19(17(26)11-15)35-10-9-32-7-3-4-8-32/h5-6,11-14H,3-4,7-10,28H2,1-2H3,(H2,27,31)(H,29,30). The zero-order valence-corrected chi connectivity index (χ0v) is 21.8. The van der Waals surface area contributed by atoms with Crippen molar-refractivity contribution in [2.75, 3.05) is 45.8 Å². The average molecular weight is 529 g/mol. The average Bonchev–Trinajstić information content (AvgIpc) is 3.51. The van der Waals surface area contributed by atoms with Crippen LogP contribution in [0.25, 0.3) is 5.70 Å². The molecule has 0 aliphatic carbocycles. The second kappa shape index (κ2) is 10.2. The second-order valence-electron chi connectivity index (χ2n) is 8.67. The number of ether oxygens (including phenoxy) is 3. The van der Waals surface area contributed by atoms with Crippen molar-refractivity contribution in [3.63, 3.8) is 0 Å². The molecular formula is C25H29ClN6O3S. The normalized spacial score (nSPS) is 23.3. The highest BCUT2D eigenvalue weighted by Gasteiger charge is 2.39. The molecule has 3 heterocycles. The number of nitrogens with zero attached hydrogens (tertiary/aromatic N) is 3. The Labute approximate surface area is 219 Å². The SMILES string of the molecule is COc1cc2c(cc1OC)C(=C1SC(N)(c3ccc(OCCN4CCCC4)c(Cl)c3)N=C1N)N=CN2. The van der Waals surface area contributed by atoms with Crippen LogP contribution in [0.4, 0.5) is 5.69 Å². The Balaban J connectivity index is 1.39. The third kappa shape index (κ3) is 4.73. The molecule has 190 valence electrons. The van der Waals surface area contributed by atoms with Gasteiger partial charge < -0.3 is 25.3 Å². The molecular weight excluding hydrogens is 500 g/mol. The minimum atomic E-state index is -1.15. The summed E-state index contributed by atoms with van der Waals surface area (Å²) in [5.74, 6) is 2.12. The number of nitrogens with one attached hydrogen (secondary N) is 1. The van der Waals surface area contributed by atoms with Crippen molar-refractivity contribution in [1.29, 1.82) is 0 Å². The Bertz CT molecular complexity index is 1260. The topological polar surface area (TPSA) is 120 Å². The Kier molecular flexibility index (Phi) is 7.03. The molecule has 0 saturated carbocycles. The lowest BCUT2D eigenvalue weighted by Gasteiger charge is -2.22. The Morgan fingerprint density at radius 1 is 1.11 bits per heavy atom. The highest BCUT2D eigenvalue weighted by Crippen LogP contribution is 2.49. The van der Waals surface area contributed by atoms with E-state index in [0.29, 0.717) is 50.9 Å². The van der Waals surface area contributed by atoms with E-state index in [-0.39, 0.29) is 0 Å². The van der Waals surface area contributed by atoms with Gasteiger partial charge in [-0.3, -0.25) is 10.6 Å². The van der Waals surface area contributed by atoms with E-state index >= 15 is 0 Å².